The number of aryl methyl sites for hydroxylation is 2. The second-order valence-corrected chi connectivity index (χ2v) is 51.2. The number of hydrogen-bond acceptors (Lipinski definition) is 12. The van der Waals surface area contributed by atoms with Crippen molar-refractivity contribution in [2.24, 2.45) is 0 Å². The average Bonchev–Trinajstić information content (AvgIpc) is 1.64. The van der Waals surface area contributed by atoms with Crippen molar-refractivity contribution in [1.82, 2.24) is 0 Å². The molecule has 2 aliphatic heterocycles. The molecule has 2 aliphatic rings. The second kappa shape index (κ2) is 36.5. The number of hydrogen-bond donors (Lipinski definition) is 0. The number of unbranched alkanes of at least 4 members (excludes halogenated alkanes) is 18. The van der Waals surface area contributed by atoms with E-state index in [1.807, 2.05) is 28.7 Å². The first-order chi connectivity index (χ1) is 41.7. The molecule has 4 aromatic heterocycles. The van der Waals surface area contributed by atoms with Gasteiger partial charge in [-0.1, -0.05) is 105 Å². The number of halogens is 2. The van der Waals surface area contributed by atoms with E-state index in [0.717, 1.165) is 156 Å². The van der Waals surface area contributed by atoms with E-state index in [-0.39, 0.29) is 3.81 Å². The number of benzene rings is 2. The van der Waals surface area contributed by atoms with Gasteiger partial charge in [0, 0.05) is 25.4 Å². The van der Waals surface area contributed by atoms with Crippen molar-refractivity contribution >= 4 is 163 Å². The van der Waals surface area contributed by atoms with E-state index >= 15 is 0 Å². The molecule has 17 heteroatoms. The van der Waals surface area contributed by atoms with Crippen LogP contribution in [0.3, 0.4) is 0 Å². The largest absolute Gasteiger partial charge is 0.491 e. The number of rotatable bonds is 36. The molecule has 8 rings (SSSR count). The minimum atomic E-state index is -3.51. The molecule has 0 bridgehead atoms. The predicted molar refractivity (Wildman–Crippen MR) is 394 cm³/mol. The van der Waals surface area contributed by atoms with E-state index in [2.05, 4.69) is 126 Å². The van der Waals surface area contributed by atoms with Crippen LogP contribution in [0.5, 0.6) is 23.0 Å². The standard InChI is InChI=1S/C34H48O4S3.C23H31O2S2.C10H14Br2O2S.3CH3.Sn/c1-6-9-12-15-18-26-22-25(5)41(35,36)34(26)29-23-28-31(38-20-17-14-11-8-3)32-27(21-24(4)39-32)30(33(28)40-29)37-19-16-13-10-7-2;1-4-6-8-10-13-24-20-18-12-15-26-22(18)21(25-14-11-9-7-5-2)19-16-17(3)27-23(19)20;1-2-3-4-5-6-8-7-9(11)15(13,14)10(8)12;;;;/h21-23H,6-20H2,1-5H3;12,16H,4-11,13-14H2,1-3H3;7H,2-6H2,1H3;3*1H3;. The van der Waals surface area contributed by atoms with Crippen molar-refractivity contribution in [3.63, 3.8) is 0 Å². The summed E-state index contributed by atoms with van der Waals surface area (Å²) in [6, 6.07) is 9.05. The number of allylic oxidation sites excluding steroid dienone is 5. The number of ether oxygens (including phenoxy) is 4. The predicted octanol–water partition coefficient (Wildman–Crippen LogP) is 24.5. The fourth-order valence-corrected chi connectivity index (χ4v) is 25.6. The molecule has 2 aromatic carbocycles. The SMILES string of the molecule is CCCCCCC1=C(Br)S(=O)(=O)C(Br)=C1.CCCCCCOc1c2c[c]([Sn]([CH3])([CH3])[CH3])sc2c(OCCCCCC)c2cc(C)sc12.CCCCCCOc1c2cc(C3=C(CCCCCC)C=C(C)S3(=O)=O)sc2c(OCCCCCC)c2cc(C)sc12. The first kappa shape index (κ1) is 74.1. The molecule has 0 unspecified atom stereocenters. The van der Waals surface area contributed by atoms with Crippen LogP contribution in [-0.2, 0) is 19.7 Å². The van der Waals surface area contributed by atoms with E-state index in [9.17, 15) is 16.8 Å². The third-order valence-corrected chi connectivity index (χ3v) is 36.5. The number of sulfone groups is 2. The third kappa shape index (κ3) is 20.1. The Balaban J connectivity index is 0.000000231. The van der Waals surface area contributed by atoms with Crippen molar-refractivity contribution in [1.29, 1.82) is 0 Å². The summed E-state index contributed by atoms with van der Waals surface area (Å²) in [5.41, 5.74) is 1.84. The van der Waals surface area contributed by atoms with Gasteiger partial charge in [0.15, 0.2) is 0 Å². The Kier molecular flexibility index (Phi) is 31.1. The second-order valence-electron chi connectivity index (χ2n) is 24.6. The van der Waals surface area contributed by atoms with Gasteiger partial charge in [-0.05, 0) is 120 Å². The molecule has 0 spiro atoms. The van der Waals surface area contributed by atoms with Crippen LogP contribution in [0.4, 0.5) is 0 Å². The smallest absolute Gasteiger partial charge is 0.204 e. The first-order valence-corrected chi connectivity index (χ1v) is 50.7. The molecular formula is C70H102Br2O8S6Sn. The summed E-state index contributed by atoms with van der Waals surface area (Å²) >= 11 is 11.1. The van der Waals surface area contributed by atoms with Crippen LogP contribution in [0.15, 0.2) is 60.1 Å². The van der Waals surface area contributed by atoms with Gasteiger partial charge in [-0.2, -0.15) is 0 Å². The molecular weight excluding hydrogens is 1440 g/mol. The molecule has 0 atom stereocenters. The van der Waals surface area contributed by atoms with Gasteiger partial charge in [-0.25, -0.2) is 16.8 Å². The van der Waals surface area contributed by atoms with Gasteiger partial charge in [0.05, 0.1) is 27.5 Å². The summed E-state index contributed by atoms with van der Waals surface area (Å²) in [6.07, 6.45) is 33.3. The molecule has 0 aliphatic carbocycles. The average molecular weight is 1540 g/mol. The van der Waals surface area contributed by atoms with Crippen molar-refractivity contribution < 1.29 is 35.8 Å². The Morgan fingerprint density at radius 1 is 0.414 bits per heavy atom. The quantitative estimate of drug-likeness (QED) is 0.0283. The summed E-state index contributed by atoms with van der Waals surface area (Å²) in [7, 11) is -6.73. The zero-order chi connectivity index (χ0) is 63.3. The van der Waals surface area contributed by atoms with Crippen LogP contribution in [0.25, 0.3) is 45.2 Å². The van der Waals surface area contributed by atoms with E-state index in [1.165, 1.54) is 113 Å². The monoisotopic (exact) mass is 1540 g/mol. The molecule has 0 saturated heterocycles. The van der Waals surface area contributed by atoms with Gasteiger partial charge < -0.3 is 9.47 Å². The molecule has 6 heterocycles. The van der Waals surface area contributed by atoms with Crippen molar-refractivity contribution in [2.45, 2.75) is 244 Å². The number of fused-ring (bicyclic) bond motifs is 4. The summed E-state index contributed by atoms with van der Waals surface area (Å²) < 4.78 is 83.5. The van der Waals surface area contributed by atoms with E-state index in [0.29, 0.717) is 26.8 Å². The van der Waals surface area contributed by atoms with Crippen LogP contribution in [-0.4, -0.2) is 61.6 Å². The van der Waals surface area contributed by atoms with E-state index in [1.54, 1.807) is 38.6 Å². The fourth-order valence-electron chi connectivity index (χ4n) is 10.9. The summed E-state index contributed by atoms with van der Waals surface area (Å²) in [5, 5.41) is 4.62. The molecule has 484 valence electrons. The topological polar surface area (TPSA) is 105 Å². The Morgan fingerprint density at radius 3 is 1.15 bits per heavy atom. The fraction of sp³-hybridized carbons (Fsp3) is 0.600. The Hall–Kier alpha value is -1.90. The summed E-state index contributed by atoms with van der Waals surface area (Å²) in [4.78, 5) is 11.8. The third-order valence-electron chi connectivity index (χ3n) is 15.9. The Bertz CT molecular complexity index is 3410. The van der Waals surface area contributed by atoms with Crippen LogP contribution < -0.4 is 21.8 Å². The Labute approximate surface area is 561 Å². The van der Waals surface area contributed by atoms with Crippen LogP contribution in [0.2, 0.25) is 14.8 Å². The minimum absolute atomic E-state index is 0.271. The maximum atomic E-state index is 13.6. The van der Waals surface area contributed by atoms with E-state index < -0.39 is 38.1 Å². The van der Waals surface area contributed by atoms with E-state index in [4.69, 9.17) is 18.9 Å². The van der Waals surface area contributed by atoms with Gasteiger partial charge in [-0.3, -0.25) is 0 Å². The van der Waals surface area contributed by atoms with Crippen LogP contribution in [0, 0.1) is 13.8 Å². The van der Waals surface area contributed by atoms with Gasteiger partial charge in [-0.15, -0.1) is 22.7 Å². The zero-order valence-electron chi connectivity index (χ0n) is 54.6. The van der Waals surface area contributed by atoms with Crippen LogP contribution >= 0.6 is 77.2 Å². The maximum Gasteiger partial charge on any atom is 0.204 e. The molecule has 0 amide bonds. The number of thiophene rings is 4. The Morgan fingerprint density at radius 2 is 0.770 bits per heavy atom. The minimum Gasteiger partial charge on any atom is -0.491 e. The zero-order valence-corrected chi connectivity index (χ0v) is 65.6. The summed E-state index contributed by atoms with van der Waals surface area (Å²) in [6.45, 7) is 22.3. The first-order valence-electron chi connectivity index (χ1n) is 32.9. The van der Waals surface area contributed by atoms with Crippen molar-refractivity contribution in [3.8, 4) is 23.0 Å². The van der Waals surface area contributed by atoms with Gasteiger partial charge in [0.2, 0.25) is 19.7 Å². The molecule has 87 heavy (non-hydrogen) atoms. The molecule has 0 saturated carbocycles. The molecule has 8 nitrogen and oxygen atoms in total. The van der Waals surface area contributed by atoms with Crippen molar-refractivity contribution in [2.75, 3.05) is 26.4 Å². The van der Waals surface area contributed by atoms with Gasteiger partial charge >= 0.3 is 202 Å². The molecule has 6 aromatic rings. The van der Waals surface area contributed by atoms with Gasteiger partial charge in [0.25, 0.3) is 0 Å². The maximum absolute atomic E-state index is 13.6. The molecule has 0 fully saturated rings. The molecule has 0 N–H and O–H groups in total. The van der Waals surface area contributed by atoms with Crippen LogP contribution in [0.1, 0.15) is 230 Å². The van der Waals surface area contributed by atoms with Gasteiger partial charge in [0.1, 0.15) is 19.1 Å². The normalized spacial score (nSPS) is 14.7. The van der Waals surface area contributed by atoms with Crippen molar-refractivity contribution in [3.05, 3.63) is 74.7 Å². The summed E-state index contributed by atoms with van der Waals surface area (Å²) in [5.74, 6) is 3.98. The molecule has 0 radical (unpaired) electrons.